The van der Waals surface area contributed by atoms with Crippen LogP contribution in [0, 0.1) is 0 Å². The smallest absolute Gasteiger partial charge is 0.248 e. The third kappa shape index (κ3) is 6.05. The Morgan fingerprint density at radius 3 is 2.32 bits per heavy atom. The third-order valence-electron chi connectivity index (χ3n) is 3.16. The zero-order valence-corrected chi connectivity index (χ0v) is 12.5. The number of carbonyl (C=O) groups excluding carboxylic acids is 2. The van der Waals surface area contributed by atoms with Gasteiger partial charge in [0.15, 0.2) is 0 Å². The highest BCUT2D eigenvalue weighted by Gasteiger charge is 2.24. The quantitative estimate of drug-likeness (QED) is 0.838. The average Bonchev–Trinajstić information content (AvgIpc) is 2.36. The highest BCUT2D eigenvalue weighted by atomic mass is 16.5. The van der Waals surface area contributed by atoms with Crippen LogP contribution in [0.15, 0.2) is 0 Å². The number of likely N-dealkylation sites (tertiary alicyclic amines) is 1. The van der Waals surface area contributed by atoms with Crippen LogP contribution in [0.3, 0.4) is 0 Å². The molecule has 1 heterocycles. The van der Waals surface area contributed by atoms with Crippen LogP contribution in [0.1, 0.15) is 47.0 Å². The van der Waals surface area contributed by atoms with E-state index in [-0.39, 0.29) is 30.1 Å². The van der Waals surface area contributed by atoms with Gasteiger partial charge in [-0.05, 0) is 33.6 Å². The molecule has 0 atom stereocenters. The maximum absolute atomic E-state index is 11.9. The molecule has 110 valence electrons. The van der Waals surface area contributed by atoms with E-state index < -0.39 is 0 Å². The molecular weight excluding hydrogens is 244 g/mol. The van der Waals surface area contributed by atoms with E-state index in [9.17, 15) is 9.59 Å². The van der Waals surface area contributed by atoms with E-state index in [1.54, 1.807) is 0 Å². The fourth-order valence-electron chi connectivity index (χ4n) is 1.97. The van der Waals surface area contributed by atoms with Crippen molar-refractivity contribution in [3.63, 3.8) is 0 Å². The Morgan fingerprint density at radius 2 is 1.84 bits per heavy atom. The molecule has 0 spiro atoms. The van der Waals surface area contributed by atoms with Crippen LogP contribution in [-0.4, -0.2) is 48.1 Å². The molecule has 1 N–H and O–H groups in total. The summed E-state index contributed by atoms with van der Waals surface area (Å²) in [6, 6.07) is 0.208. The van der Waals surface area contributed by atoms with Crippen LogP contribution in [0.4, 0.5) is 0 Å². The van der Waals surface area contributed by atoms with Gasteiger partial charge in [0.1, 0.15) is 6.61 Å². The maximum Gasteiger partial charge on any atom is 0.248 e. The zero-order valence-electron chi connectivity index (χ0n) is 12.5. The van der Waals surface area contributed by atoms with Gasteiger partial charge in [0, 0.05) is 25.6 Å². The first kappa shape index (κ1) is 16.0. The van der Waals surface area contributed by atoms with E-state index >= 15 is 0 Å². The number of nitrogens with zero attached hydrogens (tertiary/aromatic N) is 1. The summed E-state index contributed by atoms with van der Waals surface area (Å²) in [6.45, 7) is 9.18. The van der Waals surface area contributed by atoms with Crippen molar-refractivity contribution in [2.75, 3.05) is 19.7 Å². The van der Waals surface area contributed by atoms with E-state index in [2.05, 4.69) is 5.32 Å². The normalized spacial score (nSPS) is 17.4. The van der Waals surface area contributed by atoms with Gasteiger partial charge in [-0.1, -0.05) is 6.92 Å². The molecule has 1 aliphatic heterocycles. The highest BCUT2D eigenvalue weighted by molar-refractivity contribution is 5.78. The van der Waals surface area contributed by atoms with Crippen LogP contribution in [0.25, 0.3) is 0 Å². The van der Waals surface area contributed by atoms with Crippen molar-refractivity contribution in [1.29, 1.82) is 0 Å². The molecule has 0 bridgehead atoms. The summed E-state index contributed by atoms with van der Waals surface area (Å²) in [5.74, 6) is 0.121. The van der Waals surface area contributed by atoms with Crippen LogP contribution in [-0.2, 0) is 14.3 Å². The number of amides is 2. The summed E-state index contributed by atoms with van der Waals surface area (Å²) < 4.78 is 5.49. The Labute approximate surface area is 115 Å². The monoisotopic (exact) mass is 270 g/mol. The van der Waals surface area contributed by atoms with Gasteiger partial charge in [0.2, 0.25) is 11.8 Å². The molecule has 2 amide bonds. The van der Waals surface area contributed by atoms with Crippen molar-refractivity contribution in [1.82, 2.24) is 10.2 Å². The lowest BCUT2D eigenvalue weighted by molar-refractivity contribution is -0.142. The van der Waals surface area contributed by atoms with Gasteiger partial charge in [0.25, 0.3) is 0 Å². The first-order valence-corrected chi connectivity index (χ1v) is 7.03. The number of ether oxygens (including phenoxy) is 1. The molecule has 0 radical (unpaired) electrons. The summed E-state index contributed by atoms with van der Waals surface area (Å²) in [6.07, 6.45) is 2.17. The second-order valence-corrected chi connectivity index (χ2v) is 5.98. The lowest BCUT2D eigenvalue weighted by Crippen LogP contribution is -2.47. The fourth-order valence-corrected chi connectivity index (χ4v) is 1.97. The minimum Gasteiger partial charge on any atom is -0.366 e. The number of nitrogens with one attached hydrogen (secondary N) is 1. The second kappa shape index (κ2) is 6.89. The molecule has 5 heteroatoms. The molecule has 19 heavy (non-hydrogen) atoms. The van der Waals surface area contributed by atoms with E-state index in [1.165, 1.54) is 0 Å². The summed E-state index contributed by atoms with van der Waals surface area (Å²) >= 11 is 0. The van der Waals surface area contributed by atoms with Crippen molar-refractivity contribution in [2.45, 2.75) is 58.6 Å². The van der Waals surface area contributed by atoms with Crippen LogP contribution in [0.5, 0.6) is 0 Å². The Morgan fingerprint density at radius 1 is 1.26 bits per heavy atom. The van der Waals surface area contributed by atoms with Gasteiger partial charge in [0.05, 0.1) is 5.60 Å². The van der Waals surface area contributed by atoms with E-state index in [0.717, 1.165) is 12.8 Å². The SMILES string of the molecule is CCC(=O)NC1CCN(C(=O)COC(C)(C)C)CC1. The Balaban J connectivity index is 2.29. The Hall–Kier alpha value is -1.10. The topological polar surface area (TPSA) is 58.6 Å². The van der Waals surface area contributed by atoms with Gasteiger partial charge in [-0.25, -0.2) is 0 Å². The number of piperidine rings is 1. The number of rotatable bonds is 4. The standard InChI is InChI=1S/C14H26N2O3/c1-5-12(17)15-11-6-8-16(9-7-11)13(18)10-19-14(2,3)4/h11H,5-10H2,1-4H3,(H,15,17). The Bertz CT molecular complexity index is 315. The molecular formula is C14H26N2O3. The molecule has 1 aliphatic rings. The van der Waals surface area contributed by atoms with E-state index in [1.807, 2.05) is 32.6 Å². The molecule has 1 saturated heterocycles. The van der Waals surface area contributed by atoms with Crippen molar-refractivity contribution < 1.29 is 14.3 Å². The number of hydrogen-bond donors (Lipinski definition) is 1. The van der Waals surface area contributed by atoms with E-state index in [0.29, 0.717) is 19.5 Å². The predicted molar refractivity (Wildman–Crippen MR) is 73.7 cm³/mol. The summed E-state index contributed by atoms with van der Waals surface area (Å²) in [4.78, 5) is 25.1. The largest absolute Gasteiger partial charge is 0.366 e. The summed E-state index contributed by atoms with van der Waals surface area (Å²) in [5, 5.41) is 2.98. The summed E-state index contributed by atoms with van der Waals surface area (Å²) in [5.41, 5.74) is -0.289. The minimum absolute atomic E-state index is 0.0372. The van der Waals surface area contributed by atoms with Gasteiger partial charge in [-0.2, -0.15) is 0 Å². The molecule has 0 saturated carbocycles. The fraction of sp³-hybridized carbons (Fsp3) is 0.857. The highest BCUT2D eigenvalue weighted by Crippen LogP contribution is 2.12. The molecule has 0 unspecified atom stereocenters. The molecule has 0 aliphatic carbocycles. The predicted octanol–water partition coefficient (Wildman–Crippen LogP) is 1.32. The van der Waals surface area contributed by atoms with Crippen molar-refractivity contribution in [3.05, 3.63) is 0 Å². The summed E-state index contributed by atoms with van der Waals surface area (Å²) in [7, 11) is 0. The van der Waals surface area contributed by atoms with Crippen LogP contribution in [0.2, 0.25) is 0 Å². The van der Waals surface area contributed by atoms with Gasteiger partial charge < -0.3 is 15.0 Å². The van der Waals surface area contributed by atoms with Gasteiger partial charge in [-0.3, -0.25) is 9.59 Å². The Kier molecular flexibility index (Phi) is 5.79. The molecule has 5 nitrogen and oxygen atoms in total. The minimum atomic E-state index is -0.289. The number of carbonyl (C=O) groups is 2. The third-order valence-corrected chi connectivity index (χ3v) is 3.16. The van der Waals surface area contributed by atoms with Gasteiger partial charge in [-0.15, -0.1) is 0 Å². The van der Waals surface area contributed by atoms with Crippen molar-refractivity contribution in [3.8, 4) is 0 Å². The molecule has 0 aromatic heterocycles. The van der Waals surface area contributed by atoms with Crippen molar-refractivity contribution >= 4 is 11.8 Å². The van der Waals surface area contributed by atoms with E-state index in [4.69, 9.17) is 4.74 Å². The maximum atomic E-state index is 11.9. The van der Waals surface area contributed by atoms with Crippen LogP contribution < -0.4 is 5.32 Å². The van der Waals surface area contributed by atoms with Gasteiger partial charge >= 0.3 is 0 Å². The first-order chi connectivity index (χ1) is 8.81. The van der Waals surface area contributed by atoms with Crippen molar-refractivity contribution in [2.24, 2.45) is 0 Å². The van der Waals surface area contributed by atoms with Crippen LogP contribution >= 0.6 is 0 Å². The number of hydrogen-bond acceptors (Lipinski definition) is 3. The zero-order chi connectivity index (χ0) is 14.5. The molecule has 0 aromatic carbocycles. The lowest BCUT2D eigenvalue weighted by Gasteiger charge is -2.33. The first-order valence-electron chi connectivity index (χ1n) is 7.03. The molecule has 0 aromatic rings. The molecule has 1 rings (SSSR count). The second-order valence-electron chi connectivity index (χ2n) is 5.98. The lowest BCUT2D eigenvalue weighted by atomic mass is 10.0. The molecule has 1 fully saturated rings. The average molecular weight is 270 g/mol.